The molecule has 0 radical (unpaired) electrons. The van der Waals surface area contributed by atoms with E-state index in [0.717, 1.165) is 6.42 Å². The van der Waals surface area contributed by atoms with Crippen LogP contribution >= 0.6 is 0 Å². The van der Waals surface area contributed by atoms with Gasteiger partial charge in [0.15, 0.2) is 0 Å². The van der Waals surface area contributed by atoms with Gasteiger partial charge in [-0.1, -0.05) is 13.2 Å². The second-order valence-electron chi connectivity index (χ2n) is 5.29. The number of hydrogen-bond acceptors (Lipinski definition) is 5. The molecule has 0 rings (SSSR count). The Morgan fingerprint density at radius 1 is 1.00 bits per heavy atom. The van der Waals surface area contributed by atoms with Crippen LogP contribution in [0.1, 0.15) is 33.1 Å². The zero-order valence-electron chi connectivity index (χ0n) is 14.6. The topological polar surface area (TPSA) is 159 Å². The maximum absolute atomic E-state index is 11.2. The molecular formula is C16H27N3O6. The number of hydrogen-bond donors (Lipinski definition) is 5. The van der Waals surface area contributed by atoms with Gasteiger partial charge < -0.3 is 26.6 Å². The molecule has 0 fully saturated rings. The van der Waals surface area contributed by atoms with Gasteiger partial charge >= 0.3 is 11.9 Å². The van der Waals surface area contributed by atoms with Gasteiger partial charge in [-0.25, -0.2) is 4.79 Å². The number of amides is 2. The largest absolute Gasteiger partial charge is 0.480 e. The summed E-state index contributed by atoms with van der Waals surface area (Å²) < 4.78 is 0. The maximum atomic E-state index is 11.2. The van der Waals surface area contributed by atoms with Crippen LogP contribution in [0.4, 0.5) is 0 Å². The van der Waals surface area contributed by atoms with E-state index in [2.05, 4.69) is 23.8 Å². The first kappa shape index (κ1) is 24.6. The van der Waals surface area contributed by atoms with E-state index in [0.29, 0.717) is 30.5 Å². The monoisotopic (exact) mass is 357 g/mol. The number of nitrogens with two attached hydrogens (primary N) is 1. The molecule has 0 saturated carbocycles. The molecule has 0 aliphatic rings. The average molecular weight is 357 g/mol. The van der Waals surface area contributed by atoms with Crippen molar-refractivity contribution in [2.45, 2.75) is 39.2 Å². The number of unbranched alkanes of at least 4 members (excludes halogenated alkanes) is 1. The van der Waals surface area contributed by atoms with Crippen LogP contribution < -0.4 is 16.4 Å². The van der Waals surface area contributed by atoms with Crippen molar-refractivity contribution in [3.05, 3.63) is 24.3 Å². The Balaban J connectivity index is 0. The van der Waals surface area contributed by atoms with E-state index in [-0.39, 0.29) is 6.54 Å². The Morgan fingerprint density at radius 3 is 1.88 bits per heavy atom. The van der Waals surface area contributed by atoms with Gasteiger partial charge in [-0.05, 0) is 39.7 Å². The molecule has 0 aromatic rings. The summed E-state index contributed by atoms with van der Waals surface area (Å²) in [6, 6.07) is -0.847. The molecule has 0 aliphatic carbocycles. The summed E-state index contributed by atoms with van der Waals surface area (Å²) in [5.41, 5.74) is 5.90. The minimum atomic E-state index is -1.06. The molecule has 25 heavy (non-hydrogen) atoms. The first-order chi connectivity index (χ1) is 11.5. The van der Waals surface area contributed by atoms with E-state index in [4.69, 9.17) is 15.9 Å². The number of carbonyl (C=O) groups excluding carboxylic acids is 2. The van der Waals surface area contributed by atoms with E-state index in [1.807, 2.05) is 0 Å². The standard InChI is InChI=1S/C10H18N2O3.C6H9NO3/c1-7(2)9(13)12-8(10(14)15)5-3-4-6-11;1-4(2)6(10)7-3-5(8)9/h8H,1,3-6,11H2,2H3,(H,12,13)(H,14,15);1,3H2,2H3,(H,7,10)(H,8,9). The zero-order chi connectivity index (χ0) is 20.0. The smallest absolute Gasteiger partial charge is 0.326 e. The summed E-state index contributed by atoms with van der Waals surface area (Å²) in [4.78, 5) is 42.4. The first-order valence-electron chi connectivity index (χ1n) is 7.57. The Bertz CT molecular complexity index is 516. The third-order valence-electron chi connectivity index (χ3n) is 2.73. The molecule has 9 heteroatoms. The van der Waals surface area contributed by atoms with Crippen molar-refractivity contribution in [3.63, 3.8) is 0 Å². The van der Waals surface area contributed by atoms with E-state index in [1.165, 1.54) is 13.8 Å². The zero-order valence-corrected chi connectivity index (χ0v) is 14.6. The molecule has 142 valence electrons. The summed E-state index contributed by atoms with van der Waals surface area (Å²) in [6.45, 7) is 9.99. The van der Waals surface area contributed by atoms with Crippen LogP contribution in [-0.2, 0) is 19.2 Å². The van der Waals surface area contributed by atoms with Gasteiger partial charge in [0.2, 0.25) is 11.8 Å². The second-order valence-corrected chi connectivity index (χ2v) is 5.29. The minimum absolute atomic E-state index is 0.306. The summed E-state index contributed by atoms with van der Waals surface area (Å²) in [5, 5.41) is 21.5. The Kier molecular flexibility index (Phi) is 13.5. The number of carbonyl (C=O) groups is 4. The lowest BCUT2D eigenvalue weighted by molar-refractivity contribution is -0.141. The van der Waals surface area contributed by atoms with Crippen molar-refractivity contribution < 1.29 is 29.4 Å². The highest BCUT2D eigenvalue weighted by Crippen LogP contribution is 2.01. The highest BCUT2D eigenvalue weighted by molar-refractivity contribution is 5.95. The molecule has 1 unspecified atom stereocenters. The van der Waals surface area contributed by atoms with Crippen molar-refractivity contribution >= 4 is 23.8 Å². The Morgan fingerprint density at radius 2 is 1.52 bits per heavy atom. The number of nitrogens with one attached hydrogen (secondary N) is 2. The van der Waals surface area contributed by atoms with Crippen molar-refractivity contribution in [1.29, 1.82) is 0 Å². The highest BCUT2D eigenvalue weighted by atomic mass is 16.4. The van der Waals surface area contributed by atoms with Crippen LogP contribution in [0.25, 0.3) is 0 Å². The fourth-order valence-electron chi connectivity index (χ4n) is 1.34. The van der Waals surface area contributed by atoms with Crippen molar-refractivity contribution in [1.82, 2.24) is 10.6 Å². The summed E-state index contributed by atoms with van der Waals surface area (Å²) in [7, 11) is 0. The molecule has 1 atom stereocenters. The number of carboxylic acids is 2. The fraction of sp³-hybridized carbons (Fsp3) is 0.500. The van der Waals surface area contributed by atoms with Crippen LogP contribution in [0.5, 0.6) is 0 Å². The van der Waals surface area contributed by atoms with Gasteiger partial charge in [0.1, 0.15) is 12.6 Å². The first-order valence-corrected chi connectivity index (χ1v) is 7.57. The number of rotatable bonds is 10. The predicted octanol–water partition coefficient (Wildman–Crippen LogP) is 0.0242. The average Bonchev–Trinajstić information content (AvgIpc) is 2.51. The van der Waals surface area contributed by atoms with Crippen LogP contribution in [0, 0.1) is 0 Å². The van der Waals surface area contributed by atoms with Gasteiger partial charge in [-0.3, -0.25) is 14.4 Å². The van der Waals surface area contributed by atoms with Gasteiger partial charge in [-0.15, -0.1) is 0 Å². The lowest BCUT2D eigenvalue weighted by Gasteiger charge is -2.13. The Labute approximate surface area is 147 Å². The summed E-state index contributed by atoms with van der Waals surface area (Å²) >= 11 is 0. The predicted molar refractivity (Wildman–Crippen MR) is 92.7 cm³/mol. The minimum Gasteiger partial charge on any atom is -0.480 e. The number of carboxylic acid groups (broad SMARTS) is 2. The molecule has 0 bridgehead atoms. The number of aliphatic carboxylic acids is 2. The van der Waals surface area contributed by atoms with E-state index in [9.17, 15) is 19.2 Å². The van der Waals surface area contributed by atoms with Crippen molar-refractivity contribution in [2.75, 3.05) is 13.1 Å². The van der Waals surface area contributed by atoms with Crippen LogP contribution in [0.3, 0.4) is 0 Å². The molecule has 0 aromatic heterocycles. The van der Waals surface area contributed by atoms with E-state index >= 15 is 0 Å². The molecule has 0 spiro atoms. The third-order valence-corrected chi connectivity index (χ3v) is 2.73. The summed E-state index contributed by atoms with van der Waals surface area (Å²) in [5.74, 6) is -2.94. The summed E-state index contributed by atoms with van der Waals surface area (Å²) in [6.07, 6.45) is 1.84. The van der Waals surface area contributed by atoms with Crippen molar-refractivity contribution in [3.8, 4) is 0 Å². The van der Waals surface area contributed by atoms with Gasteiger partial charge in [-0.2, -0.15) is 0 Å². The van der Waals surface area contributed by atoms with Gasteiger partial charge in [0, 0.05) is 11.1 Å². The molecule has 0 heterocycles. The molecule has 0 aromatic carbocycles. The van der Waals surface area contributed by atoms with Crippen LogP contribution in [0.15, 0.2) is 24.3 Å². The molecule has 9 nitrogen and oxygen atoms in total. The highest BCUT2D eigenvalue weighted by Gasteiger charge is 2.19. The SMILES string of the molecule is C=C(C)C(=O)NC(CCCCN)C(=O)O.C=C(C)C(=O)NCC(=O)O. The molecule has 6 N–H and O–H groups in total. The normalized spacial score (nSPS) is 10.5. The fourth-order valence-corrected chi connectivity index (χ4v) is 1.34. The van der Waals surface area contributed by atoms with E-state index < -0.39 is 29.8 Å². The van der Waals surface area contributed by atoms with E-state index in [1.54, 1.807) is 0 Å². The van der Waals surface area contributed by atoms with Crippen molar-refractivity contribution in [2.24, 2.45) is 5.73 Å². The lowest BCUT2D eigenvalue weighted by Crippen LogP contribution is -2.41. The van der Waals surface area contributed by atoms with Gasteiger partial charge in [0.05, 0.1) is 0 Å². The maximum Gasteiger partial charge on any atom is 0.326 e. The van der Waals surface area contributed by atoms with Crippen LogP contribution in [-0.4, -0.2) is 53.1 Å². The second kappa shape index (κ2) is 13.7. The van der Waals surface area contributed by atoms with Crippen LogP contribution in [0.2, 0.25) is 0 Å². The lowest BCUT2D eigenvalue weighted by atomic mass is 10.1. The Hall–Kier alpha value is -2.68. The third kappa shape index (κ3) is 14.6. The molecule has 0 aliphatic heterocycles. The quantitative estimate of drug-likeness (QED) is 0.272. The molecule has 0 saturated heterocycles. The molecular weight excluding hydrogens is 330 g/mol. The molecule has 2 amide bonds. The van der Waals surface area contributed by atoms with Gasteiger partial charge in [0.25, 0.3) is 0 Å².